The van der Waals surface area contributed by atoms with Crippen LogP contribution in [-0.2, 0) is 0 Å². The van der Waals surface area contributed by atoms with Crippen LogP contribution in [0.1, 0.15) is 0 Å². The molecule has 2 heterocycles. The van der Waals surface area contributed by atoms with Crippen molar-refractivity contribution in [2.75, 3.05) is 5.73 Å². The maximum absolute atomic E-state index is 5.93. The molecule has 0 aliphatic carbocycles. The summed E-state index contributed by atoms with van der Waals surface area (Å²) >= 11 is 7.35. The van der Waals surface area contributed by atoms with E-state index in [1.807, 2.05) is 0 Å². The van der Waals surface area contributed by atoms with Crippen molar-refractivity contribution in [2.45, 2.75) is 0 Å². The molecule has 0 bridgehead atoms. The van der Waals surface area contributed by atoms with Gasteiger partial charge >= 0.3 is 0 Å². The van der Waals surface area contributed by atoms with E-state index in [-0.39, 0.29) is 0 Å². The lowest BCUT2D eigenvalue weighted by atomic mass is 10.2. The molecule has 5 nitrogen and oxygen atoms in total. The molecule has 0 aliphatic heterocycles. The van der Waals surface area contributed by atoms with Crippen molar-refractivity contribution < 1.29 is 0 Å². The molecule has 2 N–H and O–H groups in total. The first-order valence-corrected chi connectivity index (χ1v) is 5.66. The number of rotatable bonds is 1. The van der Waals surface area contributed by atoms with Gasteiger partial charge in [0, 0.05) is 16.3 Å². The summed E-state index contributed by atoms with van der Waals surface area (Å²) in [6.07, 6.45) is 1.55. The van der Waals surface area contributed by atoms with Crippen molar-refractivity contribution in [3.05, 3.63) is 29.5 Å². The van der Waals surface area contributed by atoms with E-state index in [4.69, 9.17) is 17.3 Å². The maximum Gasteiger partial charge on any atom is 0.234 e. The van der Waals surface area contributed by atoms with Gasteiger partial charge in [-0.3, -0.25) is 0 Å². The lowest BCUT2D eigenvalue weighted by Gasteiger charge is -2.01. The van der Waals surface area contributed by atoms with Gasteiger partial charge in [0.05, 0.1) is 0 Å². The number of anilines is 1. The standard InChI is InChI=1S/C9H6ClN5S/c10-5-1-2-7(11)6(3-5)8-14-15-4-12-13-9(15)16-8/h1-4H,11H2. The summed E-state index contributed by atoms with van der Waals surface area (Å²) in [5.41, 5.74) is 7.34. The molecular weight excluding hydrogens is 246 g/mol. The average Bonchev–Trinajstić information content (AvgIpc) is 2.81. The summed E-state index contributed by atoms with van der Waals surface area (Å²) in [6.45, 7) is 0. The van der Waals surface area contributed by atoms with Crippen molar-refractivity contribution in [3.63, 3.8) is 0 Å². The van der Waals surface area contributed by atoms with Gasteiger partial charge in [0.1, 0.15) is 11.3 Å². The zero-order chi connectivity index (χ0) is 11.1. The molecule has 16 heavy (non-hydrogen) atoms. The highest BCUT2D eigenvalue weighted by atomic mass is 35.5. The van der Waals surface area contributed by atoms with Crippen LogP contribution in [0.15, 0.2) is 24.5 Å². The smallest absolute Gasteiger partial charge is 0.234 e. The van der Waals surface area contributed by atoms with Gasteiger partial charge in [0.2, 0.25) is 4.96 Å². The molecule has 3 rings (SSSR count). The van der Waals surface area contributed by atoms with Crippen LogP contribution in [0, 0.1) is 0 Å². The lowest BCUT2D eigenvalue weighted by molar-refractivity contribution is 0.960. The molecule has 1 aromatic carbocycles. The monoisotopic (exact) mass is 251 g/mol. The first-order valence-electron chi connectivity index (χ1n) is 4.46. The van der Waals surface area contributed by atoms with Gasteiger partial charge in [-0.25, -0.2) is 0 Å². The molecule has 0 fully saturated rings. The minimum atomic E-state index is 0.634. The topological polar surface area (TPSA) is 69.1 Å². The maximum atomic E-state index is 5.93. The quantitative estimate of drug-likeness (QED) is 0.673. The van der Waals surface area contributed by atoms with Gasteiger partial charge < -0.3 is 5.73 Å². The SMILES string of the molecule is Nc1ccc(Cl)cc1-c1nn2cnnc2s1. The Morgan fingerprint density at radius 1 is 1.38 bits per heavy atom. The van der Waals surface area contributed by atoms with Gasteiger partial charge in [-0.1, -0.05) is 22.9 Å². The largest absolute Gasteiger partial charge is 0.398 e. The Bertz CT molecular complexity index is 630. The average molecular weight is 252 g/mol. The van der Waals surface area contributed by atoms with E-state index in [0.717, 1.165) is 15.5 Å². The number of fused-ring (bicyclic) bond motifs is 1. The number of nitrogens with zero attached hydrogens (tertiary/aromatic N) is 4. The first kappa shape index (κ1) is 9.56. The Morgan fingerprint density at radius 2 is 2.25 bits per heavy atom. The van der Waals surface area contributed by atoms with Crippen molar-refractivity contribution in [2.24, 2.45) is 0 Å². The Balaban J connectivity index is 2.22. The van der Waals surface area contributed by atoms with Crippen molar-refractivity contribution >= 4 is 33.6 Å². The van der Waals surface area contributed by atoms with Gasteiger partial charge in [0.15, 0.2) is 0 Å². The second kappa shape index (κ2) is 3.43. The Labute approximate surface area is 99.5 Å². The van der Waals surface area contributed by atoms with Crippen LogP contribution >= 0.6 is 22.9 Å². The molecule has 0 atom stereocenters. The Morgan fingerprint density at radius 3 is 3.06 bits per heavy atom. The molecule has 0 radical (unpaired) electrons. The zero-order valence-electron chi connectivity index (χ0n) is 7.96. The summed E-state index contributed by atoms with van der Waals surface area (Å²) in [6, 6.07) is 5.31. The van der Waals surface area contributed by atoms with Crippen LogP contribution < -0.4 is 5.73 Å². The van der Waals surface area contributed by atoms with E-state index in [0.29, 0.717) is 10.7 Å². The van der Waals surface area contributed by atoms with E-state index in [1.54, 1.807) is 29.0 Å². The third-order valence-electron chi connectivity index (χ3n) is 2.13. The predicted molar refractivity (Wildman–Crippen MR) is 63.5 cm³/mol. The van der Waals surface area contributed by atoms with Crippen LogP contribution in [-0.4, -0.2) is 19.8 Å². The van der Waals surface area contributed by atoms with Gasteiger partial charge in [-0.15, -0.1) is 10.2 Å². The van der Waals surface area contributed by atoms with E-state index >= 15 is 0 Å². The first-order chi connectivity index (χ1) is 7.74. The second-order valence-electron chi connectivity index (χ2n) is 3.20. The van der Waals surface area contributed by atoms with Crippen LogP contribution in [0.2, 0.25) is 5.02 Å². The fourth-order valence-electron chi connectivity index (χ4n) is 1.38. The molecule has 0 aliphatic rings. The van der Waals surface area contributed by atoms with Crippen molar-refractivity contribution in [1.82, 2.24) is 19.8 Å². The number of aromatic nitrogens is 4. The van der Waals surface area contributed by atoms with Crippen molar-refractivity contribution in [1.29, 1.82) is 0 Å². The van der Waals surface area contributed by atoms with E-state index in [9.17, 15) is 0 Å². The number of nitrogens with two attached hydrogens (primary N) is 1. The molecule has 0 amide bonds. The van der Waals surface area contributed by atoms with E-state index in [2.05, 4.69) is 15.3 Å². The number of benzene rings is 1. The lowest BCUT2D eigenvalue weighted by Crippen LogP contribution is -1.90. The van der Waals surface area contributed by atoms with E-state index in [1.165, 1.54) is 11.3 Å². The number of nitrogen functional groups attached to an aromatic ring is 1. The van der Waals surface area contributed by atoms with E-state index < -0.39 is 0 Å². The van der Waals surface area contributed by atoms with Gasteiger partial charge in [-0.2, -0.15) is 9.61 Å². The highest BCUT2D eigenvalue weighted by molar-refractivity contribution is 7.19. The molecule has 0 unspecified atom stereocenters. The highest BCUT2D eigenvalue weighted by Gasteiger charge is 2.10. The summed E-state index contributed by atoms with van der Waals surface area (Å²) in [5.74, 6) is 0. The van der Waals surface area contributed by atoms with Gasteiger partial charge in [0.25, 0.3) is 0 Å². The fraction of sp³-hybridized carbons (Fsp3) is 0. The van der Waals surface area contributed by atoms with Crippen LogP contribution in [0.4, 0.5) is 5.69 Å². The minimum absolute atomic E-state index is 0.634. The summed E-state index contributed by atoms with van der Waals surface area (Å²) in [5, 5.41) is 13.4. The predicted octanol–water partition coefficient (Wildman–Crippen LogP) is 2.09. The fourth-order valence-corrected chi connectivity index (χ4v) is 2.41. The molecule has 7 heteroatoms. The molecule has 80 valence electrons. The molecular formula is C9H6ClN5S. The third-order valence-corrected chi connectivity index (χ3v) is 3.31. The van der Waals surface area contributed by atoms with Crippen molar-refractivity contribution in [3.8, 4) is 10.6 Å². The van der Waals surface area contributed by atoms with Crippen LogP contribution in [0.3, 0.4) is 0 Å². The molecule has 0 saturated carbocycles. The third kappa shape index (κ3) is 1.43. The molecule has 2 aromatic heterocycles. The molecule has 3 aromatic rings. The minimum Gasteiger partial charge on any atom is -0.398 e. The number of hydrogen-bond donors (Lipinski definition) is 1. The number of halogens is 1. The Kier molecular flexibility index (Phi) is 2.05. The second-order valence-corrected chi connectivity index (χ2v) is 4.59. The molecule has 0 spiro atoms. The summed E-state index contributed by atoms with van der Waals surface area (Å²) < 4.78 is 1.61. The number of hydrogen-bond acceptors (Lipinski definition) is 5. The summed E-state index contributed by atoms with van der Waals surface area (Å²) in [4.78, 5) is 0.731. The Hall–Kier alpha value is -1.66. The molecule has 0 saturated heterocycles. The summed E-state index contributed by atoms with van der Waals surface area (Å²) in [7, 11) is 0. The normalized spacial score (nSPS) is 11.1. The van der Waals surface area contributed by atoms with Crippen LogP contribution in [0.5, 0.6) is 0 Å². The van der Waals surface area contributed by atoms with Gasteiger partial charge in [-0.05, 0) is 18.2 Å². The highest BCUT2D eigenvalue weighted by Crippen LogP contribution is 2.31. The zero-order valence-corrected chi connectivity index (χ0v) is 9.53. The van der Waals surface area contributed by atoms with Crippen LogP contribution in [0.25, 0.3) is 15.5 Å².